The van der Waals surface area contributed by atoms with E-state index in [1.165, 1.54) is 12.1 Å². The summed E-state index contributed by atoms with van der Waals surface area (Å²) < 4.78 is 41.3. The Morgan fingerprint density at radius 2 is 1.85 bits per heavy atom. The number of alkyl halides is 3. The number of rotatable bonds is 1. The number of amides is 1. The van der Waals surface area contributed by atoms with Gasteiger partial charge in [0, 0.05) is 12.5 Å². The van der Waals surface area contributed by atoms with Crippen LogP contribution in [0.25, 0.3) is 6.08 Å². The van der Waals surface area contributed by atoms with Gasteiger partial charge in [-0.3, -0.25) is 4.79 Å². The number of halogens is 3. The quantitative estimate of drug-likeness (QED) is 0.585. The van der Waals surface area contributed by atoms with E-state index in [-0.39, 0.29) is 40.4 Å². The molecule has 0 aromatic heterocycles. The molecule has 5 rings (SSSR count). The average Bonchev–Trinajstić information content (AvgIpc) is 3.05. The molecule has 7 atom stereocenters. The lowest BCUT2D eigenvalue weighted by Crippen LogP contribution is -2.60. The predicted molar refractivity (Wildman–Crippen MR) is 121 cm³/mol. The third-order valence-electron chi connectivity index (χ3n) is 9.52. The molecule has 1 aromatic rings. The maximum absolute atomic E-state index is 13.8. The molecule has 1 N–H and O–H groups in total. The van der Waals surface area contributed by atoms with E-state index >= 15 is 0 Å². The number of carbonyl (C=O) groups is 1. The van der Waals surface area contributed by atoms with Crippen molar-refractivity contribution in [2.45, 2.75) is 64.3 Å². The molecule has 0 spiro atoms. The Morgan fingerprint density at radius 3 is 2.58 bits per heavy atom. The van der Waals surface area contributed by atoms with Gasteiger partial charge in [0.05, 0.1) is 17.7 Å². The van der Waals surface area contributed by atoms with Gasteiger partial charge in [-0.05, 0) is 78.6 Å². The Labute approximate surface area is 193 Å². The number of carbonyl (C=O) groups excluding carboxylic acids is 1. The van der Waals surface area contributed by atoms with Gasteiger partial charge in [-0.15, -0.1) is 0 Å². The Balaban J connectivity index is 1.65. The highest BCUT2D eigenvalue weighted by atomic mass is 19.4. The molecule has 178 valence electrons. The predicted octanol–water partition coefficient (Wildman–Crippen LogP) is 5.70. The molecule has 6 heteroatoms. The molecular formula is C27H32F3NO2. The van der Waals surface area contributed by atoms with E-state index in [1.807, 2.05) is 6.08 Å². The minimum atomic E-state index is -4.44. The molecule has 1 aromatic carbocycles. The lowest BCUT2D eigenvalue weighted by Gasteiger charge is -2.60. The van der Waals surface area contributed by atoms with Gasteiger partial charge in [0.2, 0.25) is 5.91 Å². The Kier molecular flexibility index (Phi) is 5.13. The van der Waals surface area contributed by atoms with Gasteiger partial charge in [-0.25, -0.2) is 0 Å². The molecule has 1 amide bonds. The van der Waals surface area contributed by atoms with Gasteiger partial charge in [-0.1, -0.05) is 44.2 Å². The van der Waals surface area contributed by atoms with Crippen molar-refractivity contribution in [3.05, 3.63) is 53.1 Å². The van der Waals surface area contributed by atoms with Gasteiger partial charge in [-0.2, -0.15) is 13.2 Å². The fourth-order valence-electron chi connectivity index (χ4n) is 7.90. The summed E-state index contributed by atoms with van der Waals surface area (Å²) in [6.07, 6.45) is 4.90. The molecule has 1 aliphatic heterocycles. The van der Waals surface area contributed by atoms with E-state index in [4.69, 9.17) is 0 Å². The molecule has 0 bridgehead atoms. The maximum atomic E-state index is 13.8. The van der Waals surface area contributed by atoms with E-state index in [0.29, 0.717) is 18.3 Å². The molecule has 4 aliphatic rings. The summed E-state index contributed by atoms with van der Waals surface area (Å²) in [6.45, 7) is 4.36. The lowest BCUT2D eigenvalue weighted by atomic mass is 9.47. The van der Waals surface area contributed by atoms with Crippen LogP contribution in [0.1, 0.15) is 57.1 Å². The van der Waals surface area contributed by atoms with Gasteiger partial charge in [0.1, 0.15) is 0 Å². The average molecular weight is 460 g/mol. The summed E-state index contributed by atoms with van der Waals surface area (Å²) >= 11 is 0. The van der Waals surface area contributed by atoms with E-state index in [9.17, 15) is 23.1 Å². The number of hydrogen-bond donors (Lipinski definition) is 1. The number of aliphatic hydroxyl groups is 1. The second-order valence-corrected chi connectivity index (χ2v) is 11.1. The van der Waals surface area contributed by atoms with Crippen molar-refractivity contribution in [1.82, 2.24) is 4.90 Å². The molecule has 33 heavy (non-hydrogen) atoms. The normalized spacial score (nSPS) is 41.7. The summed E-state index contributed by atoms with van der Waals surface area (Å²) in [7, 11) is 1.77. The number of benzene rings is 1. The first-order valence-corrected chi connectivity index (χ1v) is 12.0. The first-order chi connectivity index (χ1) is 15.5. The van der Waals surface area contributed by atoms with Crippen LogP contribution < -0.4 is 0 Å². The first kappa shape index (κ1) is 22.7. The second kappa shape index (κ2) is 7.46. The number of nitrogens with zero attached hydrogens (tertiary/aromatic N) is 1. The van der Waals surface area contributed by atoms with Crippen molar-refractivity contribution in [3.8, 4) is 0 Å². The summed E-state index contributed by atoms with van der Waals surface area (Å²) in [6, 6.07) is 5.42. The van der Waals surface area contributed by atoms with Crippen molar-refractivity contribution >= 4 is 12.0 Å². The molecule has 3 saturated carbocycles. The third-order valence-corrected chi connectivity index (χ3v) is 9.52. The molecule has 2 unspecified atom stereocenters. The number of fused-ring (bicyclic) bond motifs is 5. The highest BCUT2D eigenvalue weighted by molar-refractivity contribution is 5.89. The molecule has 0 radical (unpaired) electrons. The molecule has 1 heterocycles. The monoisotopic (exact) mass is 459 g/mol. The van der Waals surface area contributed by atoms with E-state index in [0.717, 1.165) is 37.3 Å². The van der Waals surface area contributed by atoms with Crippen molar-refractivity contribution in [3.63, 3.8) is 0 Å². The molecule has 3 nitrogen and oxygen atoms in total. The number of likely N-dealkylation sites (N-methyl/N-ethyl adjacent to an activating group) is 1. The van der Waals surface area contributed by atoms with E-state index < -0.39 is 11.7 Å². The van der Waals surface area contributed by atoms with Crippen LogP contribution in [0.5, 0.6) is 0 Å². The second-order valence-electron chi connectivity index (χ2n) is 11.1. The minimum absolute atomic E-state index is 0.108. The van der Waals surface area contributed by atoms with E-state index in [1.54, 1.807) is 30.2 Å². The van der Waals surface area contributed by atoms with Crippen LogP contribution in [0.15, 0.2) is 42.0 Å². The molecule has 3 aliphatic carbocycles. The van der Waals surface area contributed by atoms with Crippen LogP contribution in [0.2, 0.25) is 0 Å². The van der Waals surface area contributed by atoms with Crippen molar-refractivity contribution in [2.24, 2.45) is 28.6 Å². The van der Waals surface area contributed by atoms with Gasteiger partial charge in [0.25, 0.3) is 0 Å². The van der Waals surface area contributed by atoms with Crippen LogP contribution in [0.3, 0.4) is 0 Å². The Bertz CT molecular complexity index is 1030. The zero-order valence-corrected chi connectivity index (χ0v) is 19.4. The van der Waals surface area contributed by atoms with Crippen LogP contribution in [-0.2, 0) is 11.0 Å². The SMILES string of the molecule is CN1C(=O)C=C[C@@]2(C)C1C(=Cc1ccccc1C(F)(F)F)C[C@@H]1[C@H]2CC[C@]2(C)C(O)CC[C@@H]12. The summed E-state index contributed by atoms with van der Waals surface area (Å²) in [5.41, 5.74) is -0.0900. The zero-order chi connectivity index (χ0) is 23.8. The smallest absolute Gasteiger partial charge is 0.393 e. The Morgan fingerprint density at radius 1 is 1.12 bits per heavy atom. The van der Waals surface area contributed by atoms with Crippen LogP contribution in [0, 0.1) is 28.6 Å². The number of aliphatic hydroxyl groups excluding tert-OH is 1. The molecule has 3 fully saturated rings. The first-order valence-electron chi connectivity index (χ1n) is 12.0. The van der Waals surface area contributed by atoms with Crippen molar-refractivity contribution < 1.29 is 23.1 Å². The lowest BCUT2D eigenvalue weighted by molar-refractivity contribution is -0.138. The zero-order valence-electron chi connectivity index (χ0n) is 19.4. The minimum Gasteiger partial charge on any atom is -0.393 e. The molecule has 0 saturated heterocycles. The van der Waals surface area contributed by atoms with E-state index in [2.05, 4.69) is 13.8 Å². The topological polar surface area (TPSA) is 40.5 Å². The summed E-state index contributed by atoms with van der Waals surface area (Å²) in [5.74, 6) is 0.829. The van der Waals surface area contributed by atoms with Gasteiger partial charge in [0.15, 0.2) is 0 Å². The van der Waals surface area contributed by atoms with Crippen molar-refractivity contribution in [1.29, 1.82) is 0 Å². The van der Waals surface area contributed by atoms with Crippen LogP contribution in [-0.4, -0.2) is 35.1 Å². The molecular weight excluding hydrogens is 427 g/mol. The maximum Gasteiger partial charge on any atom is 0.416 e. The van der Waals surface area contributed by atoms with Crippen LogP contribution in [0.4, 0.5) is 13.2 Å². The third kappa shape index (κ3) is 3.31. The van der Waals surface area contributed by atoms with Crippen molar-refractivity contribution in [2.75, 3.05) is 7.05 Å². The van der Waals surface area contributed by atoms with Gasteiger partial charge < -0.3 is 10.0 Å². The Hall–Kier alpha value is -2.08. The largest absolute Gasteiger partial charge is 0.416 e. The van der Waals surface area contributed by atoms with Crippen LogP contribution >= 0.6 is 0 Å². The fraction of sp³-hybridized carbons (Fsp3) is 0.593. The number of hydrogen-bond acceptors (Lipinski definition) is 2. The summed E-state index contributed by atoms with van der Waals surface area (Å²) in [5, 5.41) is 10.8. The van der Waals surface area contributed by atoms with Gasteiger partial charge >= 0.3 is 6.18 Å². The standard InChI is InChI=1S/C27H32F3NO2/c1-25-12-10-21-18(20(25)8-9-22(25)32)15-17(24-26(21,2)13-11-23(33)31(24)3)14-16-6-4-5-7-19(16)27(28,29)30/h4-7,11,13-14,18,20-22,24,32H,8-10,12,15H2,1-3H3/t18-,20-,21+,22?,24?,25-,26+/m0/s1. The highest BCUT2D eigenvalue weighted by Crippen LogP contribution is 2.65. The fourth-order valence-corrected chi connectivity index (χ4v) is 7.90. The summed E-state index contributed by atoms with van der Waals surface area (Å²) in [4.78, 5) is 14.4. The highest BCUT2D eigenvalue weighted by Gasteiger charge is 2.61.